The topological polar surface area (TPSA) is 214 Å². The van der Waals surface area contributed by atoms with E-state index in [1.54, 1.807) is 0 Å². The lowest BCUT2D eigenvalue weighted by Gasteiger charge is -2.07. The smallest absolute Gasteiger partial charge is 0.371 e. The molecule has 1 rings (SSSR count). The van der Waals surface area contributed by atoms with Gasteiger partial charge < -0.3 is 44.0 Å². The lowest BCUT2D eigenvalue weighted by molar-refractivity contribution is -0.0151. The molecule has 0 saturated carbocycles. The number of hydrogen-bond acceptors (Lipinski definition) is 11. The second-order valence-electron chi connectivity index (χ2n) is 4.86. The predicted molar refractivity (Wildman–Crippen MR) is 101 cm³/mol. The average Bonchev–Trinajstić information content (AvgIpc) is 3.27. The van der Waals surface area contributed by atoms with Crippen LogP contribution in [-0.2, 0) is 23.7 Å². The molecule has 0 saturated heterocycles. The minimum absolute atomic E-state index is 0.0231. The molecule has 0 atom stereocenters. The zero-order valence-electron chi connectivity index (χ0n) is 16.8. The summed E-state index contributed by atoms with van der Waals surface area (Å²) in [6.45, 7) is 4.80. The first-order chi connectivity index (χ1) is 14.6. The quantitative estimate of drug-likeness (QED) is 0.102. The highest BCUT2D eigenvalue weighted by Crippen LogP contribution is 1.85. The molecule has 14 nitrogen and oxygen atoms in total. The van der Waals surface area contributed by atoms with E-state index >= 15 is 0 Å². The Hall–Kier alpha value is -2.29. The summed E-state index contributed by atoms with van der Waals surface area (Å²) in [5, 5.41) is 25.1. The predicted octanol–water partition coefficient (Wildman–Crippen LogP) is -0.723. The number of aliphatic hydroxyl groups excluding tert-OH is 2. The third-order valence-electron chi connectivity index (χ3n) is 2.66. The summed E-state index contributed by atoms with van der Waals surface area (Å²) in [7, 11) is 0. The summed E-state index contributed by atoms with van der Waals surface area (Å²) >= 11 is 0. The van der Waals surface area contributed by atoms with Gasteiger partial charge in [0.15, 0.2) is 0 Å². The minimum atomic E-state index is -1.03. The number of imidazole rings is 1. The van der Waals surface area contributed by atoms with E-state index in [2.05, 4.69) is 9.97 Å². The van der Waals surface area contributed by atoms with E-state index in [-0.39, 0.29) is 19.0 Å². The van der Waals surface area contributed by atoms with Crippen LogP contribution in [-0.4, -0.2) is 111 Å². The van der Waals surface area contributed by atoms with Crippen molar-refractivity contribution in [3.05, 3.63) is 18.2 Å². The Labute approximate surface area is 174 Å². The Balaban J connectivity index is 0. The van der Waals surface area contributed by atoms with Crippen LogP contribution in [0.3, 0.4) is 0 Å². The van der Waals surface area contributed by atoms with Crippen LogP contribution in [0.15, 0.2) is 12.4 Å². The highest BCUT2D eigenvalue weighted by atomic mass is 16.6. The van der Waals surface area contributed by atoms with Crippen LogP contribution in [0.4, 0.5) is 0 Å². The Morgan fingerprint density at radius 2 is 1.17 bits per heavy atom. The lowest BCUT2D eigenvalue weighted by atomic mass is 10.7. The zero-order valence-corrected chi connectivity index (χ0v) is 16.8. The molecule has 1 heterocycles. The van der Waals surface area contributed by atoms with E-state index in [1.165, 1.54) is 12.4 Å². The molecule has 1 aromatic heterocycles. The number of carboxylic acid groups (broad SMARTS) is 1. The number of aromatic nitrogens is 2. The number of H-pyrrole nitrogens is 1. The number of aromatic amines is 1. The molecule has 0 radical (unpaired) electrons. The summed E-state index contributed by atoms with van der Waals surface area (Å²) in [5.74, 6) is -1.06. The van der Waals surface area contributed by atoms with Crippen LogP contribution < -0.4 is 4.91 Å². The van der Waals surface area contributed by atoms with Crippen molar-refractivity contribution in [3.63, 3.8) is 0 Å². The molecule has 0 aromatic carbocycles. The Bertz CT molecular complexity index is 483. The molecule has 0 amide bonds. The van der Waals surface area contributed by atoms with Gasteiger partial charge in [-0.1, -0.05) is 0 Å². The Morgan fingerprint density at radius 1 is 0.833 bits per heavy atom. The monoisotopic (exact) mass is 438 g/mol. The highest BCUT2D eigenvalue weighted by molar-refractivity contribution is 5.82. The van der Waals surface area contributed by atoms with Gasteiger partial charge >= 0.3 is 5.97 Å². The minimum Gasteiger partial charge on any atom is -0.475 e. The number of ether oxygens (including phenoxy) is 5. The number of nitrogens with one attached hydrogen (secondary N) is 3. The van der Waals surface area contributed by atoms with Gasteiger partial charge in [-0.3, -0.25) is 0 Å². The summed E-state index contributed by atoms with van der Waals surface area (Å²) in [5.41, 5.74) is 11.0. The van der Waals surface area contributed by atoms with E-state index in [4.69, 9.17) is 50.1 Å². The molecule has 0 fully saturated rings. The van der Waals surface area contributed by atoms with Crippen molar-refractivity contribution in [2.75, 3.05) is 79.3 Å². The van der Waals surface area contributed by atoms with Crippen LogP contribution in [0.5, 0.6) is 0 Å². The van der Waals surface area contributed by atoms with Crippen LogP contribution in [0.25, 0.3) is 0 Å². The van der Waals surface area contributed by atoms with Gasteiger partial charge in [-0.25, -0.2) is 9.78 Å². The maximum atomic E-state index is 9.97. The molecule has 0 aliphatic heterocycles. The highest BCUT2D eigenvalue weighted by Gasteiger charge is 2.00. The molecule has 6 N–H and O–H groups in total. The summed E-state index contributed by atoms with van der Waals surface area (Å²) in [4.78, 5) is 17.9. The molecule has 0 bridgehead atoms. The largest absolute Gasteiger partial charge is 0.475 e. The van der Waals surface area contributed by atoms with Crippen molar-refractivity contribution >= 4 is 5.97 Å². The van der Waals surface area contributed by atoms with E-state index in [0.29, 0.717) is 66.1 Å². The number of aromatic carboxylic acids is 1. The normalized spacial score (nSPS) is 9.67. The number of hydrogen-bond donors (Lipinski definition) is 6. The third kappa shape index (κ3) is 25.7. The van der Waals surface area contributed by atoms with Crippen molar-refractivity contribution in [3.8, 4) is 0 Å². The second-order valence-corrected chi connectivity index (χ2v) is 4.86. The van der Waals surface area contributed by atoms with Crippen molar-refractivity contribution in [1.29, 1.82) is 11.1 Å². The Kier molecular flexibility index (Phi) is 26.6. The van der Waals surface area contributed by atoms with Gasteiger partial charge in [-0.2, -0.15) is 0 Å². The van der Waals surface area contributed by atoms with E-state index in [1.807, 2.05) is 4.91 Å². The molecule has 1 aromatic rings. The third-order valence-corrected chi connectivity index (χ3v) is 2.66. The number of carbonyl (C=O) groups is 1. The number of rotatable bonds is 17. The molecule has 0 unspecified atom stereocenters. The fraction of sp³-hybridized carbons (Fsp3) is 0.750. The molecular weight excluding hydrogens is 406 g/mol. The van der Waals surface area contributed by atoms with Crippen molar-refractivity contribution in [1.82, 2.24) is 14.9 Å². The van der Waals surface area contributed by atoms with Crippen LogP contribution in [0, 0.1) is 11.1 Å². The summed E-state index contributed by atoms with van der Waals surface area (Å²) in [6, 6.07) is 0. The van der Waals surface area contributed by atoms with Crippen LogP contribution in [0.1, 0.15) is 10.6 Å². The molecule has 30 heavy (non-hydrogen) atoms. The second kappa shape index (κ2) is 26.7. The molecule has 0 spiro atoms. The van der Waals surface area contributed by atoms with Gasteiger partial charge in [0.1, 0.15) is 11.1 Å². The number of carboxylic acids is 1. The van der Waals surface area contributed by atoms with Gasteiger partial charge in [-0.05, 0) is 0 Å². The van der Waals surface area contributed by atoms with E-state index < -0.39 is 5.97 Å². The number of aliphatic hydroxyl groups is 2. The Morgan fingerprint density at radius 3 is 1.37 bits per heavy atom. The molecule has 0 aliphatic rings. The zero-order chi connectivity index (χ0) is 22.7. The van der Waals surface area contributed by atoms with Crippen LogP contribution >= 0.6 is 0 Å². The van der Waals surface area contributed by atoms with Gasteiger partial charge in [0.25, 0.3) is 0 Å². The van der Waals surface area contributed by atoms with E-state index in [0.717, 1.165) is 0 Å². The van der Waals surface area contributed by atoms with Crippen molar-refractivity contribution in [2.45, 2.75) is 0 Å². The number of nitrogens with zero attached hydrogens (tertiary/aromatic N) is 2. The maximum absolute atomic E-state index is 9.97. The fourth-order valence-electron chi connectivity index (χ4n) is 1.49. The lowest BCUT2D eigenvalue weighted by Crippen LogP contribution is -2.14. The molecular formula is C16H32N5O9+. The molecule has 174 valence electrons. The standard InChI is InChI=1S/C12H26O7.C4H4N2O2.H2N3/c13-1-3-15-5-7-17-9-11-19-12-10-18-8-6-16-4-2-14;7-4(8)3-5-1-2-6-3;1-3-2/h13-14H,1-12H2;1-2H,(H,5,6)(H,7,8);1-2H/q;;+1. The first-order valence-corrected chi connectivity index (χ1v) is 9.00. The van der Waals surface area contributed by atoms with Crippen molar-refractivity contribution in [2.24, 2.45) is 0 Å². The van der Waals surface area contributed by atoms with Gasteiger partial charge in [0, 0.05) is 12.4 Å². The molecule has 0 aliphatic carbocycles. The van der Waals surface area contributed by atoms with E-state index in [9.17, 15) is 4.79 Å². The van der Waals surface area contributed by atoms with Gasteiger partial charge in [-0.15, -0.1) is 0 Å². The first kappa shape index (κ1) is 29.9. The summed E-state index contributed by atoms with van der Waals surface area (Å²) in [6.07, 6.45) is 2.85. The van der Waals surface area contributed by atoms with Crippen LogP contribution in [0.2, 0.25) is 0 Å². The van der Waals surface area contributed by atoms with Crippen molar-refractivity contribution < 1.29 is 43.8 Å². The first-order valence-electron chi connectivity index (χ1n) is 9.00. The van der Waals surface area contributed by atoms with Gasteiger partial charge in [0.2, 0.25) is 10.7 Å². The fourth-order valence-corrected chi connectivity index (χ4v) is 1.49. The summed E-state index contributed by atoms with van der Waals surface area (Å²) < 4.78 is 25.8. The van der Waals surface area contributed by atoms with Gasteiger partial charge in [0.05, 0.1) is 79.3 Å². The molecule has 14 heteroatoms. The maximum Gasteiger partial charge on any atom is 0.371 e. The average molecular weight is 438 g/mol. The SMILES string of the molecule is N=[N+]=N.O=C(O)c1ncc[nH]1.OCCOCCOCCOCCOCCOCCO.